The third-order valence-electron chi connectivity index (χ3n) is 2.24. The Labute approximate surface area is 106 Å². The Balaban J connectivity index is 2.56. The summed E-state index contributed by atoms with van der Waals surface area (Å²) in [5.41, 5.74) is 1.52. The lowest BCUT2D eigenvalue weighted by Crippen LogP contribution is -2.05. The van der Waals surface area contributed by atoms with Gasteiger partial charge >= 0.3 is 5.97 Å². The maximum Gasteiger partial charge on any atom is 0.356 e. The first kappa shape index (κ1) is 14.1. The number of ether oxygens (including phenoxy) is 1. The van der Waals surface area contributed by atoms with Crippen molar-refractivity contribution in [1.29, 1.82) is 0 Å². The molecule has 5 heteroatoms. The van der Waals surface area contributed by atoms with E-state index in [0.29, 0.717) is 12.2 Å². The number of carboxylic acids is 1. The second-order valence-corrected chi connectivity index (χ2v) is 3.71. The van der Waals surface area contributed by atoms with Crippen LogP contribution in [0.3, 0.4) is 0 Å². The first-order valence-corrected chi connectivity index (χ1v) is 5.49. The molecule has 0 aliphatic carbocycles. The molecule has 0 aliphatic heterocycles. The van der Waals surface area contributed by atoms with Crippen LogP contribution in [0.2, 0.25) is 0 Å². The number of aliphatic carboxylic acids is 1. The molecule has 1 rings (SSSR count). The minimum Gasteiger partial charge on any atom is -0.476 e. The lowest BCUT2D eigenvalue weighted by Gasteiger charge is -2.06. The van der Waals surface area contributed by atoms with Crippen LogP contribution in [0.25, 0.3) is 0 Å². The molecule has 0 fully saturated rings. The van der Waals surface area contributed by atoms with Crippen molar-refractivity contribution in [2.75, 3.05) is 13.7 Å². The van der Waals surface area contributed by atoms with Gasteiger partial charge in [-0.05, 0) is 18.1 Å². The van der Waals surface area contributed by atoms with Crippen LogP contribution < -0.4 is 0 Å². The fourth-order valence-corrected chi connectivity index (χ4v) is 1.38. The maximum absolute atomic E-state index is 10.9. The molecule has 0 amide bonds. The number of nitrogens with zero attached hydrogens (tertiary/aromatic N) is 2. The lowest BCUT2D eigenvalue weighted by molar-refractivity contribution is -0.132. The van der Waals surface area contributed by atoms with Gasteiger partial charge in [0.05, 0.1) is 13.2 Å². The predicted octanol–water partition coefficient (Wildman–Crippen LogP) is 2.64. The normalized spacial score (nSPS) is 12.6. The van der Waals surface area contributed by atoms with E-state index >= 15 is 0 Å². The van der Waals surface area contributed by atoms with E-state index in [1.54, 1.807) is 6.92 Å². The van der Waals surface area contributed by atoms with Crippen molar-refractivity contribution >= 4 is 5.97 Å². The molecule has 18 heavy (non-hydrogen) atoms. The Morgan fingerprint density at radius 2 is 2.00 bits per heavy atom. The van der Waals surface area contributed by atoms with E-state index in [9.17, 15) is 4.79 Å². The Morgan fingerprint density at radius 1 is 1.33 bits per heavy atom. The Morgan fingerprint density at radius 3 is 2.56 bits per heavy atom. The summed E-state index contributed by atoms with van der Waals surface area (Å²) in [5, 5.41) is 16.0. The molecule has 5 nitrogen and oxygen atoms in total. The van der Waals surface area contributed by atoms with E-state index in [1.165, 1.54) is 7.05 Å². The number of benzene rings is 1. The highest BCUT2D eigenvalue weighted by molar-refractivity contribution is 5.86. The topological polar surface area (TPSA) is 71.2 Å². The van der Waals surface area contributed by atoms with Crippen LogP contribution in [0.4, 0.5) is 0 Å². The van der Waals surface area contributed by atoms with E-state index in [-0.39, 0.29) is 12.3 Å². The van der Waals surface area contributed by atoms with Crippen molar-refractivity contribution in [3.05, 3.63) is 47.2 Å². The standard InChI is InChI=1S/C13H16N2O3/c1-10(12(13(16)17)15-14-2)8-18-9-11-6-4-3-5-7-11/h3-7H,8-9H2,1-2H3,(H,16,17)/b12-10+,15-14?. The van der Waals surface area contributed by atoms with Crippen molar-refractivity contribution < 1.29 is 14.6 Å². The van der Waals surface area contributed by atoms with Crippen molar-refractivity contribution in [3.8, 4) is 0 Å². The van der Waals surface area contributed by atoms with Gasteiger partial charge in [-0.25, -0.2) is 4.79 Å². The highest BCUT2D eigenvalue weighted by Crippen LogP contribution is 2.09. The molecule has 1 aromatic rings. The van der Waals surface area contributed by atoms with Crippen molar-refractivity contribution in [2.45, 2.75) is 13.5 Å². The Kier molecular flexibility index (Phi) is 5.73. The van der Waals surface area contributed by atoms with Crippen molar-refractivity contribution in [2.24, 2.45) is 10.2 Å². The number of hydrogen-bond donors (Lipinski definition) is 1. The predicted molar refractivity (Wildman–Crippen MR) is 67.2 cm³/mol. The van der Waals surface area contributed by atoms with Gasteiger partial charge in [-0.2, -0.15) is 5.11 Å². The first-order valence-electron chi connectivity index (χ1n) is 5.49. The van der Waals surface area contributed by atoms with Crippen LogP contribution in [-0.4, -0.2) is 24.7 Å². The molecule has 0 saturated heterocycles. The summed E-state index contributed by atoms with van der Waals surface area (Å²) in [6.45, 7) is 2.33. The van der Waals surface area contributed by atoms with Gasteiger partial charge in [-0.3, -0.25) is 0 Å². The summed E-state index contributed by atoms with van der Waals surface area (Å²) >= 11 is 0. The second kappa shape index (κ2) is 7.34. The largest absolute Gasteiger partial charge is 0.476 e. The zero-order valence-corrected chi connectivity index (χ0v) is 10.5. The van der Waals surface area contributed by atoms with E-state index in [4.69, 9.17) is 9.84 Å². The highest BCUT2D eigenvalue weighted by atomic mass is 16.5. The molecule has 0 spiro atoms. The maximum atomic E-state index is 10.9. The van der Waals surface area contributed by atoms with Crippen LogP contribution in [0.5, 0.6) is 0 Å². The lowest BCUT2D eigenvalue weighted by atomic mass is 10.2. The zero-order chi connectivity index (χ0) is 13.4. The van der Waals surface area contributed by atoms with Crippen molar-refractivity contribution in [1.82, 2.24) is 0 Å². The van der Waals surface area contributed by atoms with Crippen molar-refractivity contribution in [3.63, 3.8) is 0 Å². The molecule has 1 N–H and O–H groups in total. The summed E-state index contributed by atoms with van der Waals surface area (Å²) in [6.07, 6.45) is 0. The van der Waals surface area contributed by atoms with E-state index in [1.807, 2.05) is 30.3 Å². The molecule has 0 radical (unpaired) electrons. The van der Waals surface area contributed by atoms with Gasteiger partial charge in [-0.1, -0.05) is 30.3 Å². The molecule has 0 heterocycles. The number of azo groups is 1. The van der Waals surface area contributed by atoms with Gasteiger partial charge in [0.2, 0.25) is 0 Å². The fourth-order valence-electron chi connectivity index (χ4n) is 1.38. The third kappa shape index (κ3) is 4.47. The van der Waals surface area contributed by atoms with E-state index in [2.05, 4.69) is 10.2 Å². The van der Waals surface area contributed by atoms with Gasteiger partial charge in [0.1, 0.15) is 0 Å². The number of rotatable bonds is 6. The van der Waals surface area contributed by atoms with Gasteiger partial charge in [0.25, 0.3) is 0 Å². The molecule has 0 unspecified atom stereocenters. The molecule has 1 aromatic carbocycles. The molecule has 0 aliphatic rings. The monoisotopic (exact) mass is 248 g/mol. The highest BCUT2D eigenvalue weighted by Gasteiger charge is 2.10. The molecular formula is C13H16N2O3. The van der Waals surface area contributed by atoms with Gasteiger partial charge in [-0.15, -0.1) is 5.11 Å². The number of carbonyl (C=O) groups is 1. The quantitative estimate of drug-likeness (QED) is 0.621. The molecular weight excluding hydrogens is 232 g/mol. The zero-order valence-electron chi connectivity index (χ0n) is 10.5. The first-order chi connectivity index (χ1) is 8.65. The summed E-state index contributed by atoms with van der Waals surface area (Å²) in [4.78, 5) is 10.9. The molecule has 0 bridgehead atoms. The van der Waals surface area contributed by atoms with E-state index in [0.717, 1.165) is 5.56 Å². The summed E-state index contributed by atoms with van der Waals surface area (Å²) in [6, 6.07) is 9.68. The molecule has 0 aromatic heterocycles. The number of hydrogen-bond acceptors (Lipinski definition) is 4. The molecule has 96 valence electrons. The van der Waals surface area contributed by atoms with Crippen LogP contribution in [0, 0.1) is 0 Å². The van der Waals surface area contributed by atoms with Crippen LogP contribution in [0.1, 0.15) is 12.5 Å². The van der Waals surface area contributed by atoms with Gasteiger partial charge < -0.3 is 9.84 Å². The number of carboxylic acid groups (broad SMARTS) is 1. The summed E-state index contributed by atoms with van der Waals surface area (Å²) in [5.74, 6) is -1.10. The molecule has 0 saturated carbocycles. The molecule has 0 atom stereocenters. The Hall–Kier alpha value is -2.01. The third-order valence-corrected chi connectivity index (χ3v) is 2.24. The van der Waals surface area contributed by atoms with E-state index < -0.39 is 5.97 Å². The summed E-state index contributed by atoms with van der Waals surface area (Å²) in [7, 11) is 1.43. The average molecular weight is 248 g/mol. The van der Waals surface area contributed by atoms with Gasteiger partial charge in [0.15, 0.2) is 5.70 Å². The van der Waals surface area contributed by atoms with Crippen LogP contribution in [-0.2, 0) is 16.1 Å². The second-order valence-electron chi connectivity index (χ2n) is 3.71. The minimum atomic E-state index is -1.10. The smallest absolute Gasteiger partial charge is 0.356 e. The fraction of sp³-hybridized carbons (Fsp3) is 0.308. The Bertz CT molecular complexity index is 453. The summed E-state index contributed by atoms with van der Waals surface area (Å²) < 4.78 is 5.44. The SMILES string of the molecule is CN=N/C(C(=O)O)=C(\C)COCc1ccccc1. The van der Waals surface area contributed by atoms with Crippen LogP contribution >= 0.6 is 0 Å². The van der Waals surface area contributed by atoms with Crippen LogP contribution in [0.15, 0.2) is 51.8 Å². The van der Waals surface area contributed by atoms with Gasteiger partial charge in [0, 0.05) is 7.05 Å². The minimum absolute atomic E-state index is 0.0643. The average Bonchev–Trinajstić information content (AvgIpc) is 2.36.